The maximum Gasteiger partial charge on any atom is 0.308 e. The second-order valence-corrected chi connectivity index (χ2v) is 9.71. The number of benzene rings is 2. The molecular formula is C31H36O12. The van der Waals surface area contributed by atoms with Crippen LogP contribution >= 0.6 is 0 Å². The van der Waals surface area contributed by atoms with Gasteiger partial charge in [0.2, 0.25) is 0 Å². The van der Waals surface area contributed by atoms with Crippen LogP contribution in [-0.4, -0.2) is 48.0 Å². The molecule has 0 aliphatic carbocycles. The van der Waals surface area contributed by atoms with E-state index in [1.165, 1.54) is 53.7 Å². The van der Waals surface area contributed by atoms with E-state index in [-0.39, 0.29) is 29.4 Å². The molecule has 0 spiro atoms. The van der Waals surface area contributed by atoms with Crippen LogP contribution in [0.1, 0.15) is 71.9 Å². The van der Waals surface area contributed by atoms with Gasteiger partial charge in [-0.1, -0.05) is 12.1 Å². The number of hydrogen-bond acceptors (Lipinski definition) is 12. The van der Waals surface area contributed by atoms with E-state index in [2.05, 4.69) is 0 Å². The zero-order chi connectivity index (χ0) is 32.1. The minimum absolute atomic E-state index is 0.0786. The Morgan fingerprint density at radius 3 is 1.12 bits per heavy atom. The molecule has 0 amide bonds. The van der Waals surface area contributed by atoms with E-state index in [1.54, 1.807) is 24.3 Å². The SMILES string of the molecule is CC(=O)Oc1ccc(CC[C@@H](C[C@H](CCc2ccc(OC(C)=O)c(OC(C)=O)c2)OC(C)=O)OC(C)=O)cc1OC(C)=O. The number of aryl methyl sites for hydroxylation is 2. The molecule has 0 unspecified atom stereocenters. The lowest BCUT2D eigenvalue weighted by Crippen LogP contribution is -2.27. The Bertz CT molecular complexity index is 1240. The second-order valence-electron chi connectivity index (χ2n) is 9.71. The average molecular weight is 601 g/mol. The summed E-state index contributed by atoms with van der Waals surface area (Å²) in [4.78, 5) is 69.7. The van der Waals surface area contributed by atoms with Gasteiger partial charge >= 0.3 is 35.8 Å². The fraction of sp³-hybridized carbons (Fsp3) is 0.419. The third kappa shape index (κ3) is 13.2. The molecule has 12 heteroatoms. The first kappa shape index (κ1) is 34.5. The molecule has 2 aromatic rings. The summed E-state index contributed by atoms with van der Waals surface area (Å²) in [5.41, 5.74) is 1.44. The van der Waals surface area contributed by atoms with Crippen molar-refractivity contribution in [2.24, 2.45) is 0 Å². The molecule has 0 aliphatic heterocycles. The number of hydrogen-bond donors (Lipinski definition) is 0. The van der Waals surface area contributed by atoms with E-state index in [0.717, 1.165) is 11.1 Å². The maximum absolute atomic E-state index is 11.9. The molecule has 2 rings (SSSR count). The van der Waals surface area contributed by atoms with Gasteiger partial charge in [0.25, 0.3) is 0 Å². The third-order valence-corrected chi connectivity index (χ3v) is 5.73. The van der Waals surface area contributed by atoms with Crippen LogP contribution in [0.2, 0.25) is 0 Å². The Hall–Kier alpha value is -4.74. The number of rotatable bonds is 14. The zero-order valence-electron chi connectivity index (χ0n) is 25.1. The number of carbonyl (C=O) groups is 6. The quantitative estimate of drug-likeness (QED) is 0.225. The minimum atomic E-state index is -0.630. The van der Waals surface area contributed by atoms with Crippen LogP contribution in [0.5, 0.6) is 23.0 Å². The molecule has 232 valence electrons. The highest BCUT2D eigenvalue weighted by Crippen LogP contribution is 2.31. The van der Waals surface area contributed by atoms with Gasteiger partial charge in [-0.3, -0.25) is 28.8 Å². The molecule has 0 aliphatic rings. The first-order chi connectivity index (χ1) is 20.2. The van der Waals surface area contributed by atoms with Crippen molar-refractivity contribution in [3.8, 4) is 23.0 Å². The Morgan fingerprint density at radius 1 is 0.488 bits per heavy atom. The summed E-state index contributed by atoms with van der Waals surface area (Å²) in [7, 11) is 0. The van der Waals surface area contributed by atoms with Crippen LogP contribution in [-0.2, 0) is 51.1 Å². The Morgan fingerprint density at radius 2 is 0.814 bits per heavy atom. The van der Waals surface area contributed by atoms with E-state index in [9.17, 15) is 28.8 Å². The Kier molecular flexibility index (Phi) is 13.3. The molecule has 0 saturated carbocycles. The molecular weight excluding hydrogens is 564 g/mol. The van der Waals surface area contributed by atoms with E-state index >= 15 is 0 Å². The summed E-state index contributed by atoms with van der Waals surface area (Å²) in [6.45, 7) is 7.46. The van der Waals surface area contributed by atoms with Crippen LogP contribution in [0.3, 0.4) is 0 Å². The average Bonchev–Trinajstić information content (AvgIpc) is 2.86. The van der Waals surface area contributed by atoms with E-state index < -0.39 is 48.0 Å². The van der Waals surface area contributed by atoms with Crippen molar-refractivity contribution in [1.82, 2.24) is 0 Å². The monoisotopic (exact) mass is 600 g/mol. The van der Waals surface area contributed by atoms with Gasteiger partial charge in [-0.15, -0.1) is 0 Å². The lowest BCUT2D eigenvalue weighted by atomic mass is 9.98. The van der Waals surface area contributed by atoms with Crippen molar-refractivity contribution >= 4 is 35.8 Å². The van der Waals surface area contributed by atoms with Crippen LogP contribution in [0, 0.1) is 0 Å². The van der Waals surface area contributed by atoms with Crippen molar-refractivity contribution < 1.29 is 57.2 Å². The van der Waals surface area contributed by atoms with Gasteiger partial charge in [0.15, 0.2) is 23.0 Å². The number of ether oxygens (including phenoxy) is 6. The standard InChI is InChI=1S/C31H36O12/c1-18(32)38-26(11-7-24-9-13-28(40-20(3)34)30(15-24)42-22(5)36)17-27(39-19(2)33)12-8-25-10-14-29(41-21(4)35)31(16-25)43-23(6)37/h9-10,13-16,26-27H,7-8,11-12,17H2,1-6H3/t26-,27-/m0/s1. The molecule has 0 bridgehead atoms. The topological polar surface area (TPSA) is 158 Å². The molecule has 2 atom stereocenters. The van der Waals surface area contributed by atoms with Crippen LogP contribution in [0.25, 0.3) is 0 Å². The molecule has 0 saturated heterocycles. The molecule has 12 nitrogen and oxygen atoms in total. The van der Waals surface area contributed by atoms with Crippen molar-refractivity contribution in [3.05, 3.63) is 47.5 Å². The van der Waals surface area contributed by atoms with Gasteiger partial charge in [-0.05, 0) is 61.1 Å². The number of carbonyl (C=O) groups excluding carboxylic acids is 6. The molecule has 0 aromatic heterocycles. The number of esters is 6. The van der Waals surface area contributed by atoms with E-state index in [1.807, 2.05) is 0 Å². The van der Waals surface area contributed by atoms with E-state index in [4.69, 9.17) is 28.4 Å². The highest BCUT2D eigenvalue weighted by atomic mass is 16.6. The molecule has 0 fully saturated rings. The van der Waals surface area contributed by atoms with Gasteiger partial charge in [0.1, 0.15) is 12.2 Å². The Balaban J connectivity index is 2.19. The Labute approximate surface area is 249 Å². The summed E-state index contributed by atoms with van der Waals surface area (Å²) >= 11 is 0. The second kappa shape index (κ2) is 16.6. The van der Waals surface area contributed by atoms with Gasteiger partial charge in [-0.25, -0.2) is 0 Å². The zero-order valence-corrected chi connectivity index (χ0v) is 25.1. The van der Waals surface area contributed by atoms with Crippen molar-refractivity contribution in [1.29, 1.82) is 0 Å². The van der Waals surface area contributed by atoms with Crippen LogP contribution < -0.4 is 18.9 Å². The fourth-order valence-corrected chi connectivity index (χ4v) is 4.23. The minimum Gasteiger partial charge on any atom is -0.462 e. The predicted molar refractivity (Wildman–Crippen MR) is 150 cm³/mol. The first-order valence-corrected chi connectivity index (χ1v) is 13.6. The normalized spacial score (nSPS) is 11.9. The van der Waals surface area contributed by atoms with Gasteiger partial charge in [0, 0.05) is 48.0 Å². The summed E-state index contributed by atoms with van der Waals surface area (Å²) < 4.78 is 31.6. The lowest BCUT2D eigenvalue weighted by Gasteiger charge is -2.24. The molecule has 43 heavy (non-hydrogen) atoms. The maximum atomic E-state index is 11.9. The third-order valence-electron chi connectivity index (χ3n) is 5.73. The van der Waals surface area contributed by atoms with Gasteiger partial charge < -0.3 is 28.4 Å². The van der Waals surface area contributed by atoms with Crippen LogP contribution in [0.15, 0.2) is 36.4 Å². The predicted octanol–water partition coefficient (Wildman–Crippen LogP) is 4.21. The summed E-state index contributed by atoms with van der Waals surface area (Å²) in [6, 6.07) is 9.53. The molecule has 2 aromatic carbocycles. The van der Waals surface area contributed by atoms with Crippen LogP contribution in [0.4, 0.5) is 0 Å². The molecule has 0 heterocycles. The van der Waals surface area contributed by atoms with Gasteiger partial charge in [-0.2, -0.15) is 0 Å². The molecule has 0 radical (unpaired) electrons. The lowest BCUT2D eigenvalue weighted by molar-refractivity contribution is -0.153. The largest absolute Gasteiger partial charge is 0.462 e. The van der Waals surface area contributed by atoms with E-state index in [0.29, 0.717) is 25.7 Å². The fourth-order valence-electron chi connectivity index (χ4n) is 4.23. The van der Waals surface area contributed by atoms with Crippen molar-refractivity contribution in [2.45, 2.75) is 85.9 Å². The summed E-state index contributed by atoms with van der Waals surface area (Å²) in [6.07, 6.45) is 0.412. The first-order valence-electron chi connectivity index (χ1n) is 13.6. The summed E-state index contributed by atoms with van der Waals surface area (Å²) in [5, 5.41) is 0. The van der Waals surface area contributed by atoms with Crippen molar-refractivity contribution in [3.63, 3.8) is 0 Å². The highest BCUT2D eigenvalue weighted by Gasteiger charge is 2.23. The summed E-state index contributed by atoms with van der Waals surface area (Å²) in [5.74, 6) is -3.00. The molecule has 0 N–H and O–H groups in total. The highest BCUT2D eigenvalue weighted by molar-refractivity contribution is 5.74. The smallest absolute Gasteiger partial charge is 0.308 e. The van der Waals surface area contributed by atoms with Gasteiger partial charge in [0.05, 0.1) is 0 Å². The van der Waals surface area contributed by atoms with Crippen molar-refractivity contribution in [2.75, 3.05) is 0 Å².